The number of hydrogen-bond donors (Lipinski definition) is 2. The van der Waals surface area contributed by atoms with Gasteiger partial charge in [0.1, 0.15) is 0 Å². The SMILES string of the molecule is Cc1c(O)c(=O)ccn1CCCn1ccc(=O)c(O)c1C. The lowest BCUT2D eigenvalue weighted by molar-refractivity contribution is 0.441. The second-order valence-corrected chi connectivity index (χ2v) is 4.97. The first-order valence-electron chi connectivity index (χ1n) is 6.70. The van der Waals surface area contributed by atoms with Gasteiger partial charge in [-0.3, -0.25) is 9.59 Å². The number of aromatic hydroxyl groups is 2. The first-order valence-corrected chi connectivity index (χ1v) is 6.70. The Labute approximate surface area is 121 Å². The van der Waals surface area contributed by atoms with E-state index in [2.05, 4.69) is 0 Å². The van der Waals surface area contributed by atoms with Gasteiger partial charge in [-0.15, -0.1) is 0 Å². The molecule has 112 valence electrons. The zero-order chi connectivity index (χ0) is 15.6. The Kier molecular flexibility index (Phi) is 4.16. The number of aryl methyl sites for hydroxylation is 2. The van der Waals surface area contributed by atoms with Crippen molar-refractivity contribution < 1.29 is 10.2 Å². The molecule has 2 aromatic heterocycles. The van der Waals surface area contributed by atoms with Gasteiger partial charge in [-0.05, 0) is 20.3 Å². The molecule has 0 bridgehead atoms. The second kappa shape index (κ2) is 5.87. The van der Waals surface area contributed by atoms with Crippen LogP contribution >= 0.6 is 0 Å². The fraction of sp³-hybridized carbons (Fsp3) is 0.333. The lowest BCUT2D eigenvalue weighted by Gasteiger charge is -2.14. The van der Waals surface area contributed by atoms with Crippen LogP contribution in [-0.2, 0) is 13.1 Å². The van der Waals surface area contributed by atoms with Crippen LogP contribution in [0.1, 0.15) is 17.8 Å². The summed E-state index contributed by atoms with van der Waals surface area (Å²) >= 11 is 0. The average Bonchev–Trinajstić information content (AvgIpc) is 2.47. The summed E-state index contributed by atoms with van der Waals surface area (Å²) in [5.74, 6) is -0.454. The summed E-state index contributed by atoms with van der Waals surface area (Å²) in [7, 11) is 0. The number of rotatable bonds is 4. The van der Waals surface area contributed by atoms with Gasteiger partial charge < -0.3 is 19.3 Å². The van der Waals surface area contributed by atoms with Crippen molar-refractivity contribution in [1.29, 1.82) is 0 Å². The van der Waals surface area contributed by atoms with E-state index in [0.717, 1.165) is 6.42 Å². The molecular weight excluding hydrogens is 272 g/mol. The molecule has 0 spiro atoms. The van der Waals surface area contributed by atoms with E-state index in [1.54, 1.807) is 35.4 Å². The average molecular weight is 290 g/mol. The van der Waals surface area contributed by atoms with Crippen LogP contribution in [0, 0.1) is 13.8 Å². The van der Waals surface area contributed by atoms with Crippen LogP contribution in [0.25, 0.3) is 0 Å². The highest BCUT2D eigenvalue weighted by Crippen LogP contribution is 2.12. The van der Waals surface area contributed by atoms with Crippen molar-refractivity contribution in [1.82, 2.24) is 9.13 Å². The molecule has 0 aliphatic carbocycles. The van der Waals surface area contributed by atoms with Crippen molar-refractivity contribution >= 4 is 0 Å². The molecule has 0 amide bonds. The zero-order valence-electron chi connectivity index (χ0n) is 12.0. The molecule has 0 aliphatic heterocycles. The van der Waals surface area contributed by atoms with Crippen molar-refractivity contribution in [2.24, 2.45) is 0 Å². The van der Waals surface area contributed by atoms with Crippen LogP contribution in [0.4, 0.5) is 0 Å². The number of aromatic nitrogens is 2. The minimum Gasteiger partial charge on any atom is -0.503 e. The van der Waals surface area contributed by atoms with Crippen LogP contribution in [0.3, 0.4) is 0 Å². The van der Waals surface area contributed by atoms with E-state index in [0.29, 0.717) is 24.5 Å². The van der Waals surface area contributed by atoms with Crippen LogP contribution in [-0.4, -0.2) is 19.3 Å². The Bertz CT molecular complexity index is 709. The predicted octanol–water partition coefficient (Wildman–Crippen LogP) is 1.13. The molecule has 2 N–H and O–H groups in total. The van der Waals surface area contributed by atoms with Gasteiger partial charge in [0.2, 0.25) is 10.9 Å². The molecule has 0 unspecified atom stereocenters. The van der Waals surface area contributed by atoms with Crippen molar-refractivity contribution in [3.63, 3.8) is 0 Å². The molecule has 21 heavy (non-hydrogen) atoms. The first kappa shape index (κ1) is 14.9. The fourth-order valence-electron chi connectivity index (χ4n) is 2.22. The summed E-state index contributed by atoms with van der Waals surface area (Å²) in [4.78, 5) is 22.6. The molecule has 0 atom stereocenters. The highest BCUT2D eigenvalue weighted by Gasteiger charge is 2.07. The molecule has 2 rings (SSSR count). The normalized spacial score (nSPS) is 10.8. The molecule has 0 radical (unpaired) electrons. The molecular formula is C15H18N2O4. The number of hydrogen-bond acceptors (Lipinski definition) is 4. The maximum Gasteiger partial charge on any atom is 0.223 e. The smallest absolute Gasteiger partial charge is 0.223 e. The Balaban J connectivity index is 2.09. The third-order valence-corrected chi connectivity index (χ3v) is 3.62. The molecule has 2 aromatic rings. The van der Waals surface area contributed by atoms with Gasteiger partial charge in [-0.25, -0.2) is 0 Å². The Morgan fingerprint density at radius 1 is 0.857 bits per heavy atom. The summed E-state index contributed by atoms with van der Waals surface area (Å²) in [6, 6.07) is 2.66. The molecule has 6 heteroatoms. The largest absolute Gasteiger partial charge is 0.503 e. The zero-order valence-corrected chi connectivity index (χ0v) is 12.0. The van der Waals surface area contributed by atoms with E-state index in [1.165, 1.54) is 12.1 Å². The summed E-state index contributed by atoms with van der Waals surface area (Å²) in [6.45, 7) is 4.61. The maximum atomic E-state index is 11.3. The standard InChI is InChI=1S/C15H18N2O4/c1-10-14(20)12(18)4-8-16(10)6-3-7-17-9-5-13(19)15(21)11(17)2/h4-5,8-9,20-21H,3,6-7H2,1-2H3. The van der Waals surface area contributed by atoms with Gasteiger partial charge in [0.05, 0.1) is 11.4 Å². The van der Waals surface area contributed by atoms with E-state index in [4.69, 9.17) is 0 Å². The lowest BCUT2D eigenvalue weighted by Crippen LogP contribution is -2.13. The van der Waals surface area contributed by atoms with Gasteiger partial charge in [0.15, 0.2) is 11.5 Å². The van der Waals surface area contributed by atoms with Crippen LogP contribution in [0.5, 0.6) is 11.5 Å². The first-order chi connectivity index (χ1) is 9.91. The summed E-state index contributed by atoms with van der Waals surface area (Å²) in [5, 5.41) is 19.2. The molecule has 0 saturated carbocycles. The molecule has 0 aromatic carbocycles. The van der Waals surface area contributed by atoms with Crippen molar-refractivity contribution in [2.45, 2.75) is 33.4 Å². The molecule has 0 fully saturated rings. The van der Waals surface area contributed by atoms with Crippen LogP contribution < -0.4 is 10.9 Å². The minimum atomic E-state index is -0.384. The fourth-order valence-corrected chi connectivity index (χ4v) is 2.22. The third kappa shape index (κ3) is 2.99. The van der Waals surface area contributed by atoms with Gasteiger partial charge in [-0.2, -0.15) is 0 Å². The van der Waals surface area contributed by atoms with Gasteiger partial charge in [0.25, 0.3) is 0 Å². The summed E-state index contributed by atoms with van der Waals surface area (Å²) in [6.07, 6.45) is 4.02. The quantitative estimate of drug-likeness (QED) is 0.884. The van der Waals surface area contributed by atoms with Gasteiger partial charge in [0, 0.05) is 37.6 Å². The Morgan fingerprint density at radius 3 is 1.62 bits per heavy atom. The van der Waals surface area contributed by atoms with Gasteiger partial charge in [-0.1, -0.05) is 0 Å². The predicted molar refractivity (Wildman–Crippen MR) is 78.8 cm³/mol. The molecule has 6 nitrogen and oxygen atoms in total. The van der Waals surface area contributed by atoms with E-state index in [-0.39, 0.29) is 22.4 Å². The maximum absolute atomic E-state index is 11.3. The molecule has 2 heterocycles. The van der Waals surface area contributed by atoms with Crippen molar-refractivity contribution in [2.75, 3.05) is 0 Å². The Morgan fingerprint density at radius 2 is 1.24 bits per heavy atom. The summed E-state index contributed by atoms with van der Waals surface area (Å²) in [5.41, 5.74) is 0.291. The number of nitrogens with zero attached hydrogens (tertiary/aromatic N) is 2. The van der Waals surface area contributed by atoms with Crippen molar-refractivity contribution in [3.05, 3.63) is 56.4 Å². The second-order valence-electron chi connectivity index (χ2n) is 4.97. The van der Waals surface area contributed by atoms with E-state index < -0.39 is 0 Å². The van der Waals surface area contributed by atoms with Gasteiger partial charge >= 0.3 is 0 Å². The third-order valence-electron chi connectivity index (χ3n) is 3.62. The highest BCUT2D eigenvalue weighted by molar-refractivity contribution is 5.26. The van der Waals surface area contributed by atoms with Crippen LogP contribution in [0.15, 0.2) is 34.1 Å². The summed E-state index contributed by atoms with van der Waals surface area (Å²) < 4.78 is 3.60. The molecule has 0 saturated heterocycles. The molecule has 0 aliphatic rings. The van der Waals surface area contributed by atoms with Crippen LogP contribution in [0.2, 0.25) is 0 Å². The highest BCUT2D eigenvalue weighted by atomic mass is 16.3. The topological polar surface area (TPSA) is 84.5 Å². The van der Waals surface area contributed by atoms with E-state index in [9.17, 15) is 19.8 Å². The minimum absolute atomic E-state index is 0.227. The van der Waals surface area contributed by atoms with Crippen molar-refractivity contribution in [3.8, 4) is 11.5 Å². The lowest BCUT2D eigenvalue weighted by atomic mass is 10.3. The van der Waals surface area contributed by atoms with E-state index in [1.807, 2.05) is 0 Å². The Hall–Kier alpha value is -2.50. The number of pyridine rings is 2. The monoisotopic (exact) mass is 290 g/mol. The van der Waals surface area contributed by atoms with E-state index >= 15 is 0 Å².